The third-order valence-electron chi connectivity index (χ3n) is 3.44. The predicted molar refractivity (Wildman–Crippen MR) is 95.9 cm³/mol. The highest BCUT2D eigenvalue weighted by Gasteiger charge is 2.18. The molecule has 9 heteroatoms. The number of methoxy groups -OCH3 is 1. The number of benzene rings is 1. The molecule has 2 N–H and O–H groups in total. The van der Waals surface area contributed by atoms with Crippen molar-refractivity contribution in [2.24, 2.45) is 0 Å². The number of hydrogen-bond donors (Lipinski definition) is 2. The molecule has 2 rings (SSSR count). The number of imide groups is 1. The highest BCUT2D eigenvalue weighted by molar-refractivity contribution is 7.99. The van der Waals surface area contributed by atoms with Crippen molar-refractivity contribution in [3.63, 3.8) is 0 Å². The van der Waals surface area contributed by atoms with Crippen LogP contribution >= 0.6 is 11.8 Å². The number of aromatic nitrogens is 2. The van der Waals surface area contributed by atoms with Crippen LogP contribution in [-0.2, 0) is 9.53 Å². The number of carbonyl (C=O) groups is 2. The molecule has 2 aromatic rings. The van der Waals surface area contributed by atoms with Gasteiger partial charge in [0.15, 0.2) is 5.16 Å². The summed E-state index contributed by atoms with van der Waals surface area (Å²) in [6.07, 6.45) is 0. The van der Waals surface area contributed by atoms with E-state index in [9.17, 15) is 14.4 Å². The lowest BCUT2D eigenvalue weighted by Gasteiger charge is -2.18. The molecule has 1 aromatic carbocycles. The summed E-state index contributed by atoms with van der Waals surface area (Å²) in [4.78, 5) is 40.3. The number of para-hydroxylation sites is 1. The number of nitrogens with one attached hydrogen (secondary N) is 2. The van der Waals surface area contributed by atoms with E-state index >= 15 is 0 Å². The van der Waals surface area contributed by atoms with Crippen LogP contribution in [0.1, 0.15) is 13.0 Å². The van der Waals surface area contributed by atoms with E-state index in [0.29, 0.717) is 22.7 Å². The SMILES string of the molecule is CNC(=O)NC(=O)CSc1nc2ccccc2c(=O)n1C(C)COC. The molecular formula is C16H20N4O4S. The molecule has 1 heterocycles. The predicted octanol–water partition coefficient (Wildman–Crippen LogP) is 1.15. The molecule has 0 fully saturated rings. The van der Waals surface area contributed by atoms with Crippen LogP contribution in [-0.4, -0.2) is 48.0 Å². The zero-order chi connectivity index (χ0) is 18.4. The normalized spacial score (nSPS) is 12.0. The molecule has 0 radical (unpaired) electrons. The number of carbonyl (C=O) groups excluding carboxylic acids is 2. The summed E-state index contributed by atoms with van der Waals surface area (Å²) >= 11 is 1.10. The minimum Gasteiger partial charge on any atom is -0.383 e. The fourth-order valence-corrected chi connectivity index (χ4v) is 3.18. The molecular weight excluding hydrogens is 344 g/mol. The molecule has 0 aliphatic rings. The van der Waals surface area contributed by atoms with Gasteiger partial charge in [-0.3, -0.25) is 19.5 Å². The minimum absolute atomic E-state index is 0.0437. The highest BCUT2D eigenvalue weighted by atomic mass is 32.2. The summed E-state index contributed by atoms with van der Waals surface area (Å²) in [5.74, 6) is -0.518. The number of urea groups is 1. The first-order valence-electron chi connectivity index (χ1n) is 7.62. The van der Waals surface area contributed by atoms with Crippen molar-refractivity contribution in [1.29, 1.82) is 0 Å². The second-order valence-electron chi connectivity index (χ2n) is 5.31. The molecule has 134 valence electrons. The monoisotopic (exact) mass is 364 g/mol. The quantitative estimate of drug-likeness (QED) is 0.589. The van der Waals surface area contributed by atoms with Gasteiger partial charge in [-0.1, -0.05) is 23.9 Å². The Morgan fingerprint density at radius 3 is 2.76 bits per heavy atom. The van der Waals surface area contributed by atoms with Crippen LogP contribution in [0.4, 0.5) is 4.79 Å². The van der Waals surface area contributed by atoms with Crippen LogP contribution in [0.2, 0.25) is 0 Å². The van der Waals surface area contributed by atoms with Crippen LogP contribution in [0.25, 0.3) is 10.9 Å². The Kier molecular flexibility index (Phi) is 6.54. The van der Waals surface area contributed by atoms with Gasteiger partial charge in [0.2, 0.25) is 5.91 Å². The maximum atomic E-state index is 12.8. The molecule has 1 unspecified atom stereocenters. The van der Waals surface area contributed by atoms with Gasteiger partial charge in [-0.25, -0.2) is 9.78 Å². The van der Waals surface area contributed by atoms with Crippen molar-refractivity contribution in [3.05, 3.63) is 34.6 Å². The number of rotatable bonds is 6. The molecule has 0 saturated carbocycles. The Morgan fingerprint density at radius 1 is 1.36 bits per heavy atom. The van der Waals surface area contributed by atoms with Crippen molar-refractivity contribution < 1.29 is 14.3 Å². The van der Waals surface area contributed by atoms with Gasteiger partial charge < -0.3 is 10.1 Å². The molecule has 1 aromatic heterocycles. The Bertz CT molecular complexity index is 836. The average molecular weight is 364 g/mol. The van der Waals surface area contributed by atoms with Gasteiger partial charge in [-0.05, 0) is 19.1 Å². The molecule has 0 aliphatic heterocycles. The van der Waals surface area contributed by atoms with Gasteiger partial charge in [0.05, 0.1) is 29.3 Å². The molecule has 0 aliphatic carbocycles. The zero-order valence-corrected chi connectivity index (χ0v) is 15.1. The van der Waals surface area contributed by atoms with Gasteiger partial charge in [-0.15, -0.1) is 0 Å². The Balaban J connectivity index is 2.36. The van der Waals surface area contributed by atoms with Gasteiger partial charge in [0.25, 0.3) is 5.56 Å². The van der Waals surface area contributed by atoms with Gasteiger partial charge in [0.1, 0.15) is 0 Å². The molecule has 3 amide bonds. The first-order valence-corrected chi connectivity index (χ1v) is 8.61. The van der Waals surface area contributed by atoms with Crippen molar-refractivity contribution in [1.82, 2.24) is 20.2 Å². The van der Waals surface area contributed by atoms with Crippen LogP contribution in [0.3, 0.4) is 0 Å². The van der Waals surface area contributed by atoms with E-state index in [2.05, 4.69) is 15.6 Å². The lowest BCUT2D eigenvalue weighted by molar-refractivity contribution is -0.117. The van der Waals surface area contributed by atoms with E-state index in [1.807, 2.05) is 6.92 Å². The fraction of sp³-hybridized carbons (Fsp3) is 0.375. The molecule has 1 atom stereocenters. The van der Waals surface area contributed by atoms with Crippen LogP contribution < -0.4 is 16.2 Å². The molecule has 0 spiro atoms. The molecule has 0 bridgehead atoms. The Hall–Kier alpha value is -2.39. The summed E-state index contributed by atoms with van der Waals surface area (Å²) in [6, 6.07) is 6.20. The summed E-state index contributed by atoms with van der Waals surface area (Å²) in [5, 5.41) is 5.39. The van der Waals surface area contributed by atoms with Crippen molar-refractivity contribution in [2.75, 3.05) is 26.5 Å². The van der Waals surface area contributed by atoms with Crippen molar-refractivity contribution >= 4 is 34.6 Å². The first kappa shape index (κ1) is 18.9. The fourth-order valence-electron chi connectivity index (χ4n) is 2.29. The largest absolute Gasteiger partial charge is 0.383 e. The zero-order valence-electron chi connectivity index (χ0n) is 14.2. The molecule has 0 saturated heterocycles. The van der Waals surface area contributed by atoms with E-state index in [0.717, 1.165) is 11.8 Å². The Morgan fingerprint density at radius 2 is 2.08 bits per heavy atom. The summed E-state index contributed by atoms with van der Waals surface area (Å²) < 4.78 is 6.66. The number of thioether (sulfide) groups is 1. The third-order valence-corrected chi connectivity index (χ3v) is 4.39. The summed E-state index contributed by atoms with van der Waals surface area (Å²) in [5.41, 5.74) is 0.368. The molecule has 25 heavy (non-hydrogen) atoms. The van der Waals surface area contributed by atoms with Gasteiger partial charge >= 0.3 is 6.03 Å². The Labute approximate surface area is 149 Å². The van der Waals surface area contributed by atoms with Crippen molar-refractivity contribution in [3.8, 4) is 0 Å². The van der Waals surface area contributed by atoms with E-state index in [-0.39, 0.29) is 17.4 Å². The number of hydrogen-bond acceptors (Lipinski definition) is 6. The number of ether oxygens (including phenoxy) is 1. The lowest BCUT2D eigenvalue weighted by atomic mass is 10.2. The van der Waals surface area contributed by atoms with Gasteiger partial charge in [0, 0.05) is 14.2 Å². The van der Waals surface area contributed by atoms with Gasteiger partial charge in [-0.2, -0.15) is 0 Å². The van der Waals surface area contributed by atoms with Crippen LogP contribution in [0.5, 0.6) is 0 Å². The van der Waals surface area contributed by atoms with Crippen LogP contribution in [0.15, 0.2) is 34.2 Å². The number of amides is 3. The van der Waals surface area contributed by atoms with Crippen LogP contribution in [0, 0.1) is 0 Å². The second-order valence-corrected chi connectivity index (χ2v) is 6.25. The number of nitrogens with zero attached hydrogens (tertiary/aromatic N) is 2. The maximum absolute atomic E-state index is 12.8. The van der Waals surface area contributed by atoms with E-state index in [1.54, 1.807) is 31.4 Å². The smallest absolute Gasteiger partial charge is 0.321 e. The summed E-state index contributed by atoms with van der Waals surface area (Å²) in [7, 11) is 2.98. The highest BCUT2D eigenvalue weighted by Crippen LogP contribution is 2.21. The van der Waals surface area contributed by atoms with E-state index in [1.165, 1.54) is 11.6 Å². The average Bonchev–Trinajstić information content (AvgIpc) is 2.60. The standard InChI is InChI=1S/C16H20N4O4S/c1-10(8-24-3)20-14(22)11-6-4-5-7-12(11)18-16(20)25-9-13(21)19-15(23)17-2/h4-7,10H,8-9H2,1-3H3,(H2,17,19,21,23). The first-order chi connectivity index (χ1) is 12.0. The number of fused-ring (bicyclic) bond motifs is 1. The minimum atomic E-state index is -0.581. The molecule has 8 nitrogen and oxygen atoms in total. The summed E-state index contributed by atoms with van der Waals surface area (Å²) in [6.45, 7) is 2.17. The topological polar surface area (TPSA) is 102 Å². The maximum Gasteiger partial charge on any atom is 0.321 e. The van der Waals surface area contributed by atoms with E-state index < -0.39 is 11.9 Å². The third kappa shape index (κ3) is 4.58. The van der Waals surface area contributed by atoms with E-state index in [4.69, 9.17) is 4.74 Å². The lowest BCUT2D eigenvalue weighted by Crippen LogP contribution is -2.38. The van der Waals surface area contributed by atoms with Crippen molar-refractivity contribution in [2.45, 2.75) is 18.1 Å². The second kappa shape index (κ2) is 8.63.